The van der Waals surface area contributed by atoms with Crippen LogP contribution in [0.5, 0.6) is 0 Å². The maximum atomic E-state index is 13.2. The van der Waals surface area contributed by atoms with E-state index in [1.807, 2.05) is 12.1 Å². The first-order valence-electron chi connectivity index (χ1n) is 10.0. The summed E-state index contributed by atoms with van der Waals surface area (Å²) in [7, 11) is 0. The first kappa shape index (κ1) is 20.1. The van der Waals surface area contributed by atoms with Gasteiger partial charge in [0.1, 0.15) is 11.9 Å². The first-order chi connectivity index (χ1) is 13.0. The van der Waals surface area contributed by atoms with Crippen LogP contribution >= 0.6 is 0 Å². The van der Waals surface area contributed by atoms with Gasteiger partial charge in [0.2, 0.25) is 0 Å². The van der Waals surface area contributed by atoms with E-state index < -0.39 is 0 Å². The molecule has 27 heavy (non-hydrogen) atoms. The second-order valence-electron chi connectivity index (χ2n) is 7.97. The Morgan fingerprint density at radius 3 is 2.63 bits per heavy atom. The fourth-order valence-corrected chi connectivity index (χ4v) is 3.68. The Morgan fingerprint density at radius 2 is 1.96 bits per heavy atom. The van der Waals surface area contributed by atoms with Crippen LogP contribution in [0.2, 0.25) is 0 Å². The first-order valence-corrected chi connectivity index (χ1v) is 10.0. The highest BCUT2D eigenvalue weighted by Gasteiger charge is 2.32. The minimum Gasteiger partial charge on any atom is -0.375 e. The SMILES string of the molecule is CCNC(=NCC(C)(C)c1ccc(F)cc1)N1CCOC(C2CCCO2)C1. The zero-order valence-electron chi connectivity index (χ0n) is 16.7. The van der Waals surface area contributed by atoms with E-state index in [1.165, 1.54) is 12.1 Å². The molecule has 2 atom stereocenters. The highest BCUT2D eigenvalue weighted by atomic mass is 19.1. The molecule has 2 heterocycles. The third-order valence-electron chi connectivity index (χ3n) is 5.36. The van der Waals surface area contributed by atoms with Crippen molar-refractivity contribution in [3.05, 3.63) is 35.6 Å². The van der Waals surface area contributed by atoms with Crippen molar-refractivity contribution in [2.45, 2.75) is 51.2 Å². The lowest BCUT2D eigenvalue weighted by Crippen LogP contribution is -2.53. The molecule has 1 N–H and O–H groups in total. The van der Waals surface area contributed by atoms with Gasteiger partial charge in [0.25, 0.3) is 0 Å². The Kier molecular flexibility index (Phi) is 6.71. The molecule has 0 aromatic heterocycles. The fourth-order valence-electron chi connectivity index (χ4n) is 3.68. The third kappa shape index (κ3) is 5.20. The Labute approximate surface area is 161 Å². The van der Waals surface area contributed by atoms with Crippen molar-refractivity contribution in [2.24, 2.45) is 4.99 Å². The summed E-state index contributed by atoms with van der Waals surface area (Å²) >= 11 is 0. The normalized spacial score (nSPS) is 24.3. The summed E-state index contributed by atoms with van der Waals surface area (Å²) < 4.78 is 25.0. The van der Waals surface area contributed by atoms with Crippen LogP contribution < -0.4 is 5.32 Å². The van der Waals surface area contributed by atoms with Crippen molar-refractivity contribution in [3.8, 4) is 0 Å². The summed E-state index contributed by atoms with van der Waals surface area (Å²) in [6, 6.07) is 6.72. The molecule has 2 aliphatic heterocycles. The minimum atomic E-state index is -0.208. The predicted octanol–water partition coefficient (Wildman–Crippen LogP) is 2.95. The summed E-state index contributed by atoms with van der Waals surface area (Å²) in [5.41, 5.74) is 0.914. The van der Waals surface area contributed by atoms with Gasteiger partial charge in [-0.1, -0.05) is 26.0 Å². The van der Waals surface area contributed by atoms with E-state index in [-0.39, 0.29) is 23.4 Å². The number of hydrogen-bond donors (Lipinski definition) is 1. The number of rotatable bonds is 5. The number of nitrogens with one attached hydrogen (secondary N) is 1. The number of nitrogens with zero attached hydrogens (tertiary/aromatic N) is 2. The molecule has 0 saturated carbocycles. The minimum absolute atomic E-state index is 0.107. The molecule has 150 valence electrons. The average Bonchev–Trinajstić information content (AvgIpc) is 3.20. The van der Waals surface area contributed by atoms with Gasteiger partial charge < -0.3 is 19.7 Å². The second kappa shape index (κ2) is 9.02. The molecule has 0 amide bonds. The largest absolute Gasteiger partial charge is 0.375 e. The standard InChI is InChI=1S/C21H32FN3O2/c1-4-23-20(24-15-21(2,3)16-7-9-17(22)10-8-16)25-11-13-27-19(14-25)18-6-5-12-26-18/h7-10,18-19H,4-6,11-15H2,1-3H3,(H,23,24). The van der Waals surface area contributed by atoms with Crippen molar-refractivity contribution in [1.82, 2.24) is 10.2 Å². The van der Waals surface area contributed by atoms with Gasteiger partial charge >= 0.3 is 0 Å². The third-order valence-corrected chi connectivity index (χ3v) is 5.36. The Balaban J connectivity index is 1.68. The van der Waals surface area contributed by atoms with E-state index in [1.54, 1.807) is 0 Å². The number of aliphatic imine (C=N–C) groups is 1. The molecule has 3 rings (SSSR count). The van der Waals surface area contributed by atoms with Crippen LogP contribution in [0.4, 0.5) is 4.39 Å². The quantitative estimate of drug-likeness (QED) is 0.633. The molecule has 0 spiro atoms. The summed E-state index contributed by atoms with van der Waals surface area (Å²) in [4.78, 5) is 7.19. The van der Waals surface area contributed by atoms with E-state index in [0.29, 0.717) is 13.2 Å². The van der Waals surface area contributed by atoms with Gasteiger partial charge in [0.15, 0.2) is 5.96 Å². The molecule has 2 aliphatic rings. The summed E-state index contributed by atoms with van der Waals surface area (Å²) in [5.74, 6) is 0.707. The second-order valence-corrected chi connectivity index (χ2v) is 7.97. The van der Waals surface area contributed by atoms with E-state index in [2.05, 4.69) is 31.0 Å². The molecule has 1 aromatic carbocycles. The van der Waals surface area contributed by atoms with Gasteiger partial charge in [-0.2, -0.15) is 0 Å². The maximum Gasteiger partial charge on any atom is 0.194 e. The molecule has 1 aromatic rings. The number of morpholine rings is 1. The van der Waals surface area contributed by atoms with Crippen molar-refractivity contribution in [2.75, 3.05) is 39.4 Å². The average molecular weight is 378 g/mol. The number of halogens is 1. The van der Waals surface area contributed by atoms with Gasteiger partial charge in [-0.05, 0) is 37.5 Å². The van der Waals surface area contributed by atoms with Crippen molar-refractivity contribution in [1.29, 1.82) is 0 Å². The Hall–Kier alpha value is -1.66. The molecular weight excluding hydrogens is 345 g/mol. The van der Waals surface area contributed by atoms with E-state index in [0.717, 1.165) is 50.6 Å². The number of hydrogen-bond acceptors (Lipinski definition) is 3. The number of guanidine groups is 1. The molecule has 0 radical (unpaired) electrons. The highest BCUT2D eigenvalue weighted by Crippen LogP contribution is 2.24. The summed E-state index contributed by atoms with van der Waals surface area (Å²) in [6.45, 7) is 11.0. The lowest BCUT2D eigenvalue weighted by atomic mass is 9.85. The molecule has 2 unspecified atom stereocenters. The Bertz CT molecular complexity index is 627. The molecular formula is C21H32FN3O2. The lowest BCUT2D eigenvalue weighted by Gasteiger charge is -2.37. The van der Waals surface area contributed by atoms with Crippen LogP contribution in [0.1, 0.15) is 39.2 Å². The summed E-state index contributed by atoms with van der Waals surface area (Å²) in [5, 5.41) is 3.42. The van der Waals surface area contributed by atoms with Crippen LogP contribution in [0, 0.1) is 5.82 Å². The van der Waals surface area contributed by atoms with Gasteiger partial charge in [-0.15, -0.1) is 0 Å². The zero-order valence-corrected chi connectivity index (χ0v) is 16.7. The van der Waals surface area contributed by atoms with Crippen LogP contribution in [-0.2, 0) is 14.9 Å². The molecule has 0 bridgehead atoms. The maximum absolute atomic E-state index is 13.2. The topological polar surface area (TPSA) is 46.1 Å². The fraction of sp³-hybridized carbons (Fsp3) is 0.667. The van der Waals surface area contributed by atoms with Crippen molar-refractivity contribution >= 4 is 5.96 Å². The molecule has 0 aliphatic carbocycles. The molecule has 6 heteroatoms. The van der Waals surface area contributed by atoms with Gasteiger partial charge in [0.05, 0.1) is 19.3 Å². The van der Waals surface area contributed by atoms with Crippen LogP contribution in [0.15, 0.2) is 29.3 Å². The van der Waals surface area contributed by atoms with Crippen LogP contribution in [-0.4, -0.2) is 62.5 Å². The molecule has 5 nitrogen and oxygen atoms in total. The van der Waals surface area contributed by atoms with Crippen molar-refractivity contribution < 1.29 is 13.9 Å². The summed E-state index contributed by atoms with van der Waals surface area (Å²) in [6.07, 6.45) is 2.50. The van der Waals surface area contributed by atoms with E-state index >= 15 is 0 Å². The van der Waals surface area contributed by atoms with Crippen molar-refractivity contribution in [3.63, 3.8) is 0 Å². The van der Waals surface area contributed by atoms with Gasteiger partial charge in [-0.25, -0.2) is 4.39 Å². The highest BCUT2D eigenvalue weighted by molar-refractivity contribution is 5.80. The monoisotopic (exact) mass is 377 g/mol. The smallest absolute Gasteiger partial charge is 0.194 e. The Morgan fingerprint density at radius 1 is 1.22 bits per heavy atom. The van der Waals surface area contributed by atoms with Gasteiger partial charge in [0, 0.05) is 31.7 Å². The lowest BCUT2D eigenvalue weighted by molar-refractivity contribution is -0.0817. The molecule has 2 fully saturated rings. The van der Waals surface area contributed by atoms with Gasteiger partial charge in [-0.3, -0.25) is 4.99 Å². The van der Waals surface area contributed by atoms with Crippen LogP contribution in [0.3, 0.4) is 0 Å². The van der Waals surface area contributed by atoms with E-state index in [4.69, 9.17) is 14.5 Å². The number of benzene rings is 1. The van der Waals surface area contributed by atoms with Crippen LogP contribution in [0.25, 0.3) is 0 Å². The van der Waals surface area contributed by atoms with E-state index in [9.17, 15) is 4.39 Å². The number of ether oxygens (including phenoxy) is 2. The predicted molar refractivity (Wildman–Crippen MR) is 106 cm³/mol. The zero-order chi connectivity index (χ0) is 19.3. The molecule has 2 saturated heterocycles.